The van der Waals surface area contributed by atoms with Gasteiger partial charge in [0.25, 0.3) is 0 Å². The number of aryl methyl sites for hydroxylation is 1. The van der Waals surface area contributed by atoms with Crippen LogP contribution in [0, 0.1) is 12.8 Å². The first-order chi connectivity index (χ1) is 11.0. The highest BCUT2D eigenvalue weighted by atomic mass is 35.5. The average molecular weight is 345 g/mol. The van der Waals surface area contributed by atoms with Gasteiger partial charge in [-0.25, -0.2) is 4.98 Å². The Labute approximate surface area is 146 Å². The molecule has 2 nitrogen and oxygen atoms in total. The van der Waals surface area contributed by atoms with Crippen LogP contribution in [0.15, 0.2) is 41.8 Å². The first-order valence-electron chi connectivity index (χ1n) is 7.87. The molecule has 2 aromatic heterocycles. The summed E-state index contributed by atoms with van der Waals surface area (Å²) in [5.74, 6) is 0.517. The molecule has 1 N–H and O–H groups in total. The number of benzene rings is 1. The topological polar surface area (TPSA) is 24.9 Å². The molecule has 0 saturated carbocycles. The van der Waals surface area contributed by atoms with E-state index in [1.807, 2.05) is 0 Å². The Bertz CT molecular complexity index is 796. The Morgan fingerprint density at radius 2 is 2.04 bits per heavy atom. The smallest absolute Gasteiger partial charge is 0.134 e. The largest absolute Gasteiger partial charge is 0.305 e. The van der Waals surface area contributed by atoms with E-state index in [1.54, 1.807) is 11.3 Å². The van der Waals surface area contributed by atoms with Gasteiger partial charge in [0, 0.05) is 28.4 Å². The highest BCUT2D eigenvalue weighted by Crippen LogP contribution is 2.27. The van der Waals surface area contributed by atoms with Crippen molar-refractivity contribution in [1.29, 1.82) is 0 Å². The maximum absolute atomic E-state index is 6.39. The number of pyridine rings is 1. The van der Waals surface area contributed by atoms with E-state index in [-0.39, 0.29) is 0 Å². The Morgan fingerprint density at radius 1 is 1.22 bits per heavy atom. The van der Waals surface area contributed by atoms with Crippen LogP contribution in [0.5, 0.6) is 0 Å². The number of thiophene rings is 1. The maximum atomic E-state index is 6.39. The third-order valence-corrected chi connectivity index (χ3v) is 5.31. The molecule has 0 saturated heterocycles. The van der Waals surface area contributed by atoms with Crippen LogP contribution in [0.1, 0.15) is 35.9 Å². The molecule has 0 fully saturated rings. The summed E-state index contributed by atoms with van der Waals surface area (Å²) >= 11 is 8.19. The number of rotatable bonds is 5. The van der Waals surface area contributed by atoms with Crippen molar-refractivity contribution >= 4 is 33.8 Å². The molecule has 1 aromatic carbocycles. The number of hydrogen-bond donors (Lipinski definition) is 1. The summed E-state index contributed by atoms with van der Waals surface area (Å²) in [4.78, 5) is 5.91. The van der Waals surface area contributed by atoms with Crippen LogP contribution in [0.4, 0.5) is 0 Å². The van der Waals surface area contributed by atoms with Crippen LogP contribution in [0.2, 0.25) is 5.15 Å². The lowest BCUT2D eigenvalue weighted by Crippen LogP contribution is -2.24. The van der Waals surface area contributed by atoms with Crippen molar-refractivity contribution in [1.82, 2.24) is 10.3 Å². The SMILES string of the molecule is Cc1ccc2cc(CN[C@@H](c3cccs3)C(C)C)c(Cl)nc2c1. The number of nitrogens with one attached hydrogen (secondary N) is 1. The number of halogens is 1. The van der Waals surface area contributed by atoms with Crippen molar-refractivity contribution in [3.8, 4) is 0 Å². The van der Waals surface area contributed by atoms with E-state index in [2.05, 4.69) is 72.9 Å². The molecule has 4 heteroatoms. The second-order valence-electron chi connectivity index (χ2n) is 6.25. The highest BCUT2D eigenvalue weighted by molar-refractivity contribution is 7.10. The summed E-state index contributed by atoms with van der Waals surface area (Å²) in [6, 6.07) is 13.0. The standard InChI is InChI=1S/C19H21ClN2S/c1-12(2)18(17-5-4-8-23-17)21-11-15-10-14-7-6-13(3)9-16(14)22-19(15)20/h4-10,12,18,21H,11H2,1-3H3/t18-/m1/s1. The number of aromatic nitrogens is 1. The van der Waals surface area contributed by atoms with Gasteiger partial charge >= 0.3 is 0 Å². The van der Waals surface area contributed by atoms with Crippen molar-refractivity contribution in [3.05, 3.63) is 62.9 Å². The number of fused-ring (bicyclic) bond motifs is 1. The first kappa shape index (κ1) is 16.4. The van der Waals surface area contributed by atoms with Crippen LogP contribution >= 0.6 is 22.9 Å². The lowest BCUT2D eigenvalue weighted by Gasteiger charge is -2.21. The molecule has 0 amide bonds. The van der Waals surface area contributed by atoms with Crippen molar-refractivity contribution in [2.75, 3.05) is 0 Å². The van der Waals surface area contributed by atoms with Gasteiger partial charge < -0.3 is 5.32 Å². The second-order valence-corrected chi connectivity index (χ2v) is 7.59. The third kappa shape index (κ3) is 3.74. The summed E-state index contributed by atoms with van der Waals surface area (Å²) in [6.07, 6.45) is 0. The molecule has 0 spiro atoms. The van der Waals surface area contributed by atoms with Gasteiger partial charge in [0.15, 0.2) is 0 Å². The average Bonchev–Trinajstić information content (AvgIpc) is 3.01. The Balaban J connectivity index is 1.83. The molecular weight excluding hydrogens is 324 g/mol. The van der Waals surface area contributed by atoms with Crippen LogP contribution in [0.3, 0.4) is 0 Å². The normalized spacial score (nSPS) is 12.9. The minimum Gasteiger partial charge on any atom is -0.305 e. The van der Waals surface area contributed by atoms with Crippen LogP contribution in [-0.4, -0.2) is 4.98 Å². The zero-order valence-corrected chi connectivity index (χ0v) is 15.2. The monoisotopic (exact) mass is 344 g/mol. The Morgan fingerprint density at radius 3 is 2.74 bits per heavy atom. The molecule has 0 aliphatic carbocycles. The zero-order valence-electron chi connectivity index (χ0n) is 13.6. The fourth-order valence-corrected chi connectivity index (χ4v) is 3.96. The quantitative estimate of drug-likeness (QED) is 0.596. The first-order valence-corrected chi connectivity index (χ1v) is 9.13. The van der Waals surface area contributed by atoms with Gasteiger partial charge in [0.05, 0.1) is 5.52 Å². The molecular formula is C19H21ClN2S. The maximum Gasteiger partial charge on any atom is 0.134 e. The van der Waals surface area contributed by atoms with E-state index >= 15 is 0 Å². The molecule has 0 bridgehead atoms. The molecule has 2 heterocycles. The van der Waals surface area contributed by atoms with E-state index in [4.69, 9.17) is 11.6 Å². The molecule has 0 unspecified atom stereocenters. The summed E-state index contributed by atoms with van der Waals surface area (Å²) < 4.78 is 0. The van der Waals surface area contributed by atoms with Crippen molar-refractivity contribution in [2.45, 2.75) is 33.4 Å². The fraction of sp³-hybridized carbons (Fsp3) is 0.316. The molecule has 0 radical (unpaired) electrons. The number of nitrogens with zero attached hydrogens (tertiary/aromatic N) is 1. The lowest BCUT2D eigenvalue weighted by atomic mass is 10.0. The summed E-state index contributed by atoms with van der Waals surface area (Å²) in [5, 5.41) is 7.49. The molecule has 3 aromatic rings. The van der Waals surface area contributed by atoms with Gasteiger partial charge in [-0.15, -0.1) is 11.3 Å². The van der Waals surface area contributed by atoms with Gasteiger partial charge in [-0.05, 0) is 42.0 Å². The second kappa shape index (κ2) is 7.00. The van der Waals surface area contributed by atoms with Gasteiger partial charge in [-0.2, -0.15) is 0 Å². The summed E-state index contributed by atoms with van der Waals surface area (Å²) in [6.45, 7) is 7.26. The van der Waals surface area contributed by atoms with E-state index in [0.29, 0.717) is 17.1 Å². The van der Waals surface area contributed by atoms with E-state index in [1.165, 1.54) is 10.4 Å². The van der Waals surface area contributed by atoms with E-state index in [9.17, 15) is 0 Å². The molecule has 0 aliphatic heterocycles. The van der Waals surface area contributed by atoms with Crippen LogP contribution < -0.4 is 5.32 Å². The molecule has 1 atom stereocenters. The van der Waals surface area contributed by atoms with Gasteiger partial charge in [-0.1, -0.05) is 43.6 Å². The fourth-order valence-electron chi connectivity index (χ4n) is 2.77. The molecule has 3 rings (SSSR count). The van der Waals surface area contributed by atoms with Crippen LogP contribution in [-0.2, 0) is 6.54 Å². The van der Waals surface area contributed by atoms with Crippen molar-refractivity contribution in [3.63, 3.8) is 0 Å². The predicted molar refractivity (Wildman–Crippen MR) is 100 cm³/mol. The molecule has 23 heavy (non-hydrogen) atoms. The zero-order chi connectivity index (χ0) is 16.4. The molecule has 0 aliphatic rings. The molecule has 120 valence electrons. The van der Waals surface area contributed by atoms with Gasteiger partial charge in [0.2, 0.25) is 0 Å². The van der Waals surface area contributed by atoms with E-state index < -0.39 is 0 Å². The third-order valence-electron chi connectivity index (χ3n) is 4.03. The Kier molecular flexibility index (Phi) is 5.00. The number of hydrogen-bond acceptors (Lipinski definition) is 3. The predicted octanol–water partition coefficient (Wildman–Crippen LogP) is 5.75. The summed E-state index contributed by atoms with van der Waals surface area (Å²) in [7, 11) is 0. The van der Waals surface area contributed by atoms with E-state index in [0.717, 1.165) is 23.0 Å². The minimum atomic E-state index is 0.333. The minimum absolute atomic E-state index is 0.333. The van der Waals surface area contributed by atoms with Crippen molar-refractivity contribution < 1.29 is 0 Å². The van der Waals surface area contributed by atoms with Crippen LogP contribution in [0.25, 0.3) is 10.9 Å². The summed E-state index contributed by atoms with van der Waals surface area (Å²) in [5.41, 5.74) is 3.20. The highest BCUT2D eigenvalue weighted by Gasteiger charge is 2.17. The Hall–Kier alpha value is -1.42. The van der Waals surface area contributed by atoms with Gasteiger partial charge in [0.1, 0.15) is 5.15 Å². The lowest BCUT2D eigenvalue weighted by molar-refractivity contribution is 0.416. The van der Waals surface area contributed by atoms with Gasteiger partial charge in [-0.3, -0.25) is 0 Å². The van der Waals surface area contributed by atoms with Crippen molar-refractivity contribution in [2.24, 2.45) is 5.92 Å².